The van der Waals surface area contributed by atoms with Crippen molar-refractivity contribution in [2.24, 2.45) is 0 Å². The highest BCUT2D eigenvalue weighted by Crippen LogP contribution is 2.27. The number of rotatable bonds is 7. The Morgan fingerprint density at radius 1 is 1.15 bits per heavy atom. The van der Waals surface area contributed by atoms with Gasteiger partial charge in [-0.05, 0) is 35.9 Å². The molecule has 2 aromatic heterocycles. The maximum atomic E-state index is 12.7. The Hall–Kier alpha value is -2.50. The fourth-order valence-electron chi connectivity index (χ4n) is 2.35. The van der Waals surface area contributed by atoms with Crippen molar-refractivity contribution in [3.05, 3.63) is 82.5 Å². The molecule has 26 heavy (non-hydrogen) atoms. The highest BCUT2D eigenvalue weighted by Gasteiger charge is 2.17. The number of ether oxygens (including phenoxy) is 1. The molecule has 0 N–H and O–H groups in total. The predicted molar refractivity (Wildman–Crippen MR) is 99.2 cm³/mol. The highest BCUT2D eigenvalue weighted by atomic mass is 35.5. The van der Waals surface area contributed by atoms with Gasteiger partial charge in [0.1, 0.15) is 11.5 Å². The molecule has 0 radical (unpaired) electrons. The number of nitrogens with zero attached hydrogens (tertiary/aromatic N) is 2. The van der Waals surface area contributed by atoms with Gasteiger partial charge in [0.25, 0.3) is 5.91 Å². The molecule has 0 fully saturated rings. The Morgan fingerprint density at radius 2 is 2.04 bits per heavy atom. The molecule has 3 rings (SSSR count). The molecule has 7 heteroatoms. The summed E-state index contributed by atoms with van der Waals surface area (Å²) in [6, 6.07) is 12.2. The van der Waals surface area contributed by atoms with Crippen LogP contribution in [-0.2, 0) is 17.9 Å². The molecule has 1 amide bonds. The third kappa shape index (κ3) is 5.00. The van der Waals surface area contributed by atoms with Crippen molar-refractivity contribution in [3.63, 3.8) is 0 Å². The van der Waals surface area contributed by atoms with Crippen LogP contribution in [0.3, 0.4) is 0 Å². The van der Waals surface area contributed by atoms with E-state index in [1.54, 1.807) is 47.8 Å². The molecule has 0 unspecified atom stereocenters. The number of aromatic nitrogens is 1. The number of pyridine rings is 1. The summed E-state index contributed by atoms with van der Waals surface area (Å²) >= 11 is 12.0. The predicted octanol–water partition coefficient (Wildman–Crippen LogP) is 4.59. The van der Waals surface area contributed by atoms with E-state index in [-0.39, 0.29) is 12.5 Å². The van der Waals surface area contributed by atoms with E-state index in [1.807, 2.05) is 18.2 Å². The first-order chi connectivity index (χ1) is 12.6. The lowest BCUT2D eigenvalue weighted by Gasteiger charge is -2.22. The van der Waals surface area contributed by atoms with E-state index >= 15 is 0 Å². The lowest BCUT2D eigenvalue weighted by atomic mass is 10.2. The molecule has 1 aromatic carbocycles. The molecule has 0 aliphatic carbocycles. The van der Waals surface area contributed by atoms with Gasteiger partial charge in [0.15, 0.2) is 6.61 Å². The van der Waals surface area contributed by atoms with Crippen molar-refractivity contribution in [2.45, 2.75) is 13.1 Å². The second-order valence-electron chi connectivity index (χ2n) is 5.55. The van der Waals surface area contributed by atoms with Gasteiger partial charge in [0.05, 0.1) is 17.8 Å². The fourth-order valence-corrected chi connectivity index (χ4v) is 2.69. The second kappa shape index (κ2) is 8.74. The molecule has 0 saturated heterocycles. The molecule has 0 atom stereocenters. The summed E-state index contributed by atoms with van der Waals surface area (Å²) < 4.78 is 10.9. The molecule has 134 valence electrons. The summed E-state index contributed by atoms with van der Waals surface area (Å²) in [5, 5.41) is 0.881. The van der Waals surface area contributed by atoms with Crippen molar-refractivity contribution in [1.82, 2.24) is 9.88 Å². The Labute approximate surface area is 161 Å². The molecule has 0 aliphatic heterocycles. The quantitative estimate of drug-likeness (QED) is 0.591. The lowest BCUT2D eigenvalue weighted by molar-refractivity contribution is -0.134. The van der Waals surface area contributed by atoms with Gasteiger partial charge in [-0.25, -0.2) is 0 Å². The van der Waals surface area contributed by atoms with E-state index < -0.39 is 0 Å². The molecule has 5 nitrogen and oxygen atoms in total. The van der Waals surface area contributed by atoms with Crippen LogP contribution >= 0.6 is 23.2 Å². The maximum Gasteiger partial charge on any atom is 0.261 e. The Kier molecular flexibility index (Phi) is 6.15. The van der Waals surface area contributed by atoms with Gasteiger partial charge < -0.3 is 14.1 Å². The van der Waals surface area contributed by atoms with Crippen LogP contribution in [0.15, 0.2) is 65.5 Å². The van der Waals surface area contributed by atoms with Crippen LogP contribution < -0.4 is 4.74 Å². The van der Waals surface area contributed by atoms with Crippen molar-refractivity contribution in [3.8, 4) is 5.75 Å². The minimum Gasteiger partial charge on any atom is -0.482 e. The fraction of sp³-hybridized carbons (Fsp3) is 0.158. The van der Waals surface area contributed by atoms with E-state index in [2.05, 4.69) is 4.98 Å². The van der Waals surface area contributed by atoms with Gasteiger partial charge in [-0.2, -0.15) is 0 Å². The lowest BCUT2D eigenvalue weighted by Crippen LogP contribution is -2.34. The molecule has 0 aliphatic rings. The van der Waals surface area contributed by atoms with Crippen LogP contribution in [0.5, 0.6) is 5.75 Å². The van der Waals surface area contributed by atoms with Crippen molar-refractivity contribution in [2.75, 3.05) is 6.61 Å². The van der Waals surface area contributed by atoms with Gasteiger partial charge in [0, 0.05) is 30.0 Å². The van der Waals surface area contributed by atoms with Crippen LogP contribution in [0.1, 0.15) is 11.3 Å². The molecule has 3 aromatic rings. The molecule has 0 bridgehead atoms. The standard InChI is InChI=1S/C19H16Cl2N2O3/c20-15-5-6-17(21)18(9-15)26-13-19(24)23(12-16-4-2-8-25-16)11-14-3-1-7-22-10-14/h1-10H,11-13H2. The molecular weight excluding hydrogens is 375 g/mol. The average Bonchev–Trinajstić information content (AvgIpc) is 3.15. The normalized spacial score (nSPS) is 10.5. The number of hydrogen-bond acceptors (Lipinski definition) is 4. The smallest absolute Gasteiger partial charge is 0.261 e. The van der Waals surface area contributed by atoms with Crippen LogP contribution in [-0.4, -0.2) is 22.4 Å². The van der Waals surface area contributed by atoms with Gasteiger partial charge in [-0.1, -0.05) is 29.3 Å². The van der Waals surface area contributed by atoms with Crippen LogP contribution in [0.25, 0.3) is 0 Å². The van der Waals surface area contributed by atoms with Crippen LogP contribution in [0, 0.1) is 0 Å². The Morgan fingerprint density at radius 3 is 2.77 bits per heavy atom. The van der Waals surface area contributed by atoms with E-state index in [4.69, 9.17) is 32.4 Å². The van der Waals surface area contributed by atoms with Crippen molar-refractivity contribution in [1.29, 1.82) is 0 Å². The van der Waals surface area contributed by atoms with Gasteiger partial charge in [-0.3, -0.25) is 9.78 Å². The first-order valence-corrected chi connectivity index (χ1v) is 8.64. The number of carbonyl (C=O) groups excluding carboxylic acids is 1. The van der Waals surface area contributed by atoms with Gasteiger partial charge >= 0.3 is 0 Å². The summed E-state index contributed by atoms with van der Waals surface area (Å²) in [6.45, 7) is 0.550. The zero-order valence-electron chi connectivity index (χ0n) is 13.8. The van der Waals surface area contributed by atoms with Crippen molar-refractivity contribution >= 4 is 29.1 Å². The third-order valence-corrected chi connectivity index (χ3v) is 4.17. The molecule has 0 saturated carbocycles. The summed E-state index contributed by atoms with van der Waals surface area (Å²) in [6.07, 6.45) is 4.98. The minimum atomic E-state index is -0.207. The Bertz CT molecular complexity index is 854. The summed E-state index contributed by atoms with van der Waals surface area (Å²) in [5.41, 5.74) is 0.910. The van der Waals surface area contributed by atoms with Crippen LogP contribution in [0.2, 0.25) is 10.0 Å². The van der Waals surface area contributed by atoms with E-state index in [0.29, 0.717) is 34.6 Å². The topological polar surface area (TPSA) is 55.6 Å². The van der Waals surface area contributed by atoms with E-state index in [9.17, 15) is 4.79 Å². The molecule has 0 spiro atoms. The molecular formula is C19H16Cl2N2O3. The summed E-state index contributed by atoms with van der Waals surface area (Å²) in [4.78, 5) is 18.4. The van der Waals surface area contributed by atoms with E-state index in [1.165, 1.54) is 0 Å². The zero-order valence-corrected chi connectivity index (χ0v) is 15.3. The van der Waals surface area contributed by atoms with E-state index in [0.717, 1.165) is 5.56 Å². The average molecular weight is 391 g/mol. The number of hydrogen-bond donors (Lipinski definition) is 0. The number of halogens is 2. The maximum absolute atomic E-state index is 12.7. The minimum absolute atomic E-state index is 0.166. The summed E-state index contributed by atoms with van der Waals surface area (Å²) in [5.74, 6) is 0.844. The number of benzene rings is 1. The van der Waals surface area contributed by atoms with Gasteiger partial charge in [-0.15, -0.1) is 0 Å². The SMILES string of the molecule is O=C(COc1cc(Cl)ccc1Cl)N(Cc1cccnc1)Cc1ccco1. The molecule has 2 heterocycles. The third-order valence-electron chi connectivity index (χ3n) is 3.62. The second-order valence-corrected chi connectivity index (χ2v) is 6.40. The summed E-state index contributed by atoms with van der Waals surface area (Å²) in [7, 11) is 0. The monoisotopic (exact) mass is 390 g/mol. The number of carbonyl (C=O) groups is 1. The first-order valence-electron chi connectivity index (χ1n) is 7.89. The zero-order chi connectivity index (χ0) is 18.4. The van der Waals surface area contributed by atoms with Gasteiger partial charge in [0.2, 0.25) is 0 Å². The number of furan rings is 1. The highest BCUT2D eigenvalue weighted by molar-refractivity contribution is 6.34. The first kappa shape index (κ1) is 18.3. The van der Waals surface area contributed by atoms with Crippen molar-refractivity contribution < 1.29 is 13.9 Å². The Balaban J connectivity index is 1.70. The number of amides is 1. The largest absolute Gasteiger partial charge is 0.482 e. The van der Waals surface area contributed by atoms with Crippen LogP contribution in [0.4, 0.5) is 0 Å².